The number of benzene rings is 1. The zero-order valence-electron chi connectivity index (χ0n) is 11.2. The topological polar surface area (TPSA) is 26.3 Å². The van der Waals surface area contributed by atoms with Gasteiger partial charge in [-0.25, -0.2) is 0 Å². The maximum absolute atomic E-state index is 10.9. The first kappa shape index (κ1) is 13.8. The Morgan fingerprint density at radius 1 is 1.35 bits per heavy atom. The summed E-state index contributed by atoms with van der Waals surface area (Å²) < 4.78 is 5.35. The summed E-state index contributed by atoms with van der Waals surface area (Å²) in [6.45, 7) is 6.00. The monoisotopic (exact) mass is 234 g/mol. The second-order valence-corrected chi connectivity index (χ2v) is 4.78. The third-order valence-electron chi connectivity index (χ3n) is 2.95. The van der Waals surface area contributed by atoms with Gasteiger partial charge in [-0.1, -0.05) is 26.0 Å². The largest absolute Gasteiger partial charge is 0.496 e. The van der Waals surface area contributed by atoms with E-state index in [0.717, 1.165) is 18.6 Å². The molecule has 0 radical (unpaired) electrons. The van der Waals surface area contributed by atoms with E-state index in [4.69, 9.17) is 4.74 Å². The summed E-state index contributed by atoms with van der Waals surface area (Å²) >= 11 is 0. The molecule has 0 saturated heterocycles. The lowest BCUT2D eigenvalue weighted by Gasteiger charge is -2.12. The summed E-state index contributed by atoms with van der Waals surface area (Å²) in [6.07, 6.45) is 2.45. The smallest absolute Gasteiger partial charge is 0.129 e. The standard InChI is InChI=1S/C15H22O2/c1-11(2)13-8-9-15(17-4)14(10-13)7-5-6-12(3)16/h8-11H,5-7H2,1-4H3. The molecule has 0 aromatic heterocycles. The van der Waals surface area contributed by atoms with Crippen LogP contribution in [0.3, 0.4) is 0 Å². The first-order chi connectivity index (χ1) is 8.04. The van der Waals surface area contributed by atoms with Gasteiger partial charge in [0, 0.05) is 6.42 Å². The van der Waals surface area contributed by atoms with Gasteiger partial charge in [0.2, 0.25) is 0 Å². The minimum Gasteiger partial charge on any atom is -0.496 e. The average molecular weight is 234 g/mol. The number of ether oxygens (including phenoxy) is 1. The van der Waals surface area contributed by atoms with E-state index in [2.05, 4.69) is 26.0 Å². The van der Waals surface area contributed by atoms with Crippen LogP contribution in [-0.4, -0.2) is 12.9 Å². The maximum atomic E-state index is 10.9. The molecule has 0 atom stereocenters. The zero-order valence-corrected chi connectivity index (χ0v) is 11.2. The van der Waals surface area contributed by atoms with Crippen molar-refractivity contribution in [3.05, 3.63) is 29.3 Å². The molecule has 2 heteroatoms. The Morgan fingerprint density at radius 3 is 2.59 bits per heavy atom. The Balaban J connectivity index is 2.79. The molecule has 0 saturated carbocycles. The van der Waals surface area contributed by atoms with Crippen molar-refractivity contribution < 1.29 is 9.53 Å². The van der Waals surface area contributed by atoms with Crippen LogP contribution >= 0.6 is 0 Å². The molecule has 0 amide bonds. The number of methoxy groups -OCH3 is 1. The summed E-state index contributed by atoms with van der Waals surface area (Å²) in [4.78, 5) is 10.9. The molecule has 94 valence electrons. The number of carbonyl (C=O) groups is 1. The van der Waals surface area contributed by atoms with Gasteiger partial charge in [-0.3, -0.25) is 0 Å². The van der Waals surface area contributed by atoms with E-state index in [-0.39, 0.29) is 5.78 Å². The van der Waals surface area contributed by atoms with Gasteiger partial charge in [0.1, 0.15) is 11.5 Å². The predicted molar refractivity (Wildman–Crippen MR) is 70.7 cm³/mol. The number of rotatable bonds is 6. The van der Waals surface area contributed by atoms with Gasteiger partial charge in [-0.2, -0.15) is 0 Å². The number of aryl methyl sites for hydroxylation is 1. The average Bonchev–Trinajstić information content (AvgIpc) is 2.28. The summed E-state index contributed by atoms with van der Waals surface area (Å²) in [5.41, 5.74) is 2.53. The molecular formula is C15H22O2. The highest BCUT2D eigenvalue weighted by molar-refractivity contribution is 5.75. The Kier molecular flexibility index (Phi) is 5.20. The Bertz CT molecular complexity index is 381. The van der Waals surface area contributed by atoms with Gasteiger partial charge in [0.25, 0.3) is 0 Å². The molecule has 0 heterocycles. The molecule has 0 unspecified atom stereocenters. The van der Waals surface area contributed by atoms with Gasteiger partial charge in [0.15, 0.2) is 0 Å². The summed E-state index contributed by atoms with van der Waals surface area (Å²) in [6, 6.07) is 6.33. The number of hydrogen-bond acceptors (Lipinski definition) is 2. The normalized spacial score (nSPS) is 10.6. The molecule has 0 aliphatic carbocycles. The lowest BCUT2D eigenvalue weighted by molar-refractivity contribution is -0.117. The van der Waals surface area contributed by atoms with E-state index in [1.54, 1.807) is 14.0 Å². The predicted octanol–water partition coefficient (Wildman–Crippen LogP) is 3.73. The van der Waals surface area contributed by atoms with Crippen LogP contribution in [-0.2, 0) is 11.2 Å². The van der Waals surface area contributed by atoms with Crippen molar-refractivity contribution in [2.75, 3.05) is 7.11 Å². The number of hydrogen-bond donors (Lipinski definition) is 0. The van der Waals surface area contributed by atoms with E-state index in [9.17, 15) is 4.79 Å². The van der Waals surface area contributed by atoms with Crippen LogP contribution in [0.1, 0.15) is 50.7 Å². The van der Waals surface area contributed by atoms with Crippen LogP contribution in [0.4, 0.5) is 0 Å². The molecule has 2 nitrogen and oxygen atoms in total. The molecule has 0 fully saturated rings. The van der Waals surface area contributed by atoms with E-state index >= 15 is 0 Å². The van der Waals surface area contributed by atoms with Crippen molar-refractivity contribution >= 4 is 5.78 Å². The van der Waals surface area contributed by atoms with Crippen molar-refractivity contribution in [2.45, 2.75) is 46.0 Å². The van der Waals surface area contributed by atoms with Gasteiger partial charge >= 0.3 is 0 Å². The van der Waals surface area contributed by atoms with Gasteiger partial charge in [0.05, 0.1) is 7.11 Å². The fraction of sp³-hybridized carbons (Fsp3) is 0.533. The van der Waals surface area contributed by atoms with Crippen molar-refractivity contribution in [1.29, 1.82) is 0 Å². The molecule has 0 aliphatic rings. The van der Waals surface area contributed by atoms with E-state index in [0.29, 0.717) is 12.3 Å². The highest BCUT2D eigenvalue weighted by Crippen LogP contribution is 2.25. The van der Waals surface area contributed by atoms with Gasteiger partial charge < -0.3 is 9.53 Å². The molecule has 1 aromatic carbocycles. The molecule has 1 rings (SSSR count). The molecule has 0 aliphatic heterocycles. The lowest BCUT2D eigenvalue weighted by atomic mass is 9.97. The van der Waals surface area contributed by atoms with Gasteiger partial charge in [-0.05, 0) is 42.9 Å². The molecule has 0 N–H and O–H groups in total. The summed E-state index contributed by atoms with van der Waals surface area (Å²) in [5, 5.41) is 0. The van der Waals surface area contributed by atoms with Crippen LogP contribution < -0.4 is 4.74 Å². The molecular weight excluding hydrogens is 212 g/mol. The third-order valence-corrected chi connectivity index (χ3v) is 2.95. The number of Topliss-reactive ketones (excluding diaryl/α,β-unsaturated/α-hetero) is 1. The Labute approximate surface area is 104 Å². The minimum absolute atomic E-state index is 0.254. The van der Waals surface area contributed by atoms with E-state index < -0.39 is 0 Å². The molecule has 17 heavy (non-hydrogen) atoms. The molecule has 0 bridgehead atoms. The quantitative estimate of drug-likeness (QED) is 0.749. The summed E-state index contributed by atoms with van der Waals surface area (Å²) in [7, 11) is 1.69. The van der Waals surface area contributed by atoms with Crippen LogP contribution in [0.5, 0.6) is 5.75 Å². The maximum Gasteiger partial charge on any atom is 0.129 e. The Morgan fingerprint density at radius 2 is 2.06 bits per heavy atom. The molecule has 0 spiro atoms. The van der Waals surface area contributed by atoms with Crippen LogP contribution in [0, 0.1) is 0 Å². The second kappa shape index (κ2) is 6.43. The van der Waals surface area contributed by atoms with Gasteiger partial charge in [-0.15, -0.1) is 0 Å². The number of ketones is 1. The fourth-order valence-corrected chi connectivity index (χ4v) is 1.88. The van der Waals surface area contributed by atoms with Crippen molar-refractivity contribution in [3.8, 4) is 5.75 Å². The highest BCUT2D eigenvalue weighted by atomic mass is 16.5. The Hall–Kier alpha value is -1.31. The highest BCUT2D eigenvalue weighted by Gasteiger charge is 2.07. The van der Waals surface area contributed by atoms with Crippen molar-refractivity contribution in [1.82, 2.24) is 0 Å². The first-order valence-electron chi connectivity index (χ1n) is 6.21. The second-order valence-electron chi connectivity index (χ2n) is 4.78. The van der Waals surface area contributed by atoms with Crippen LogP contribution in [0.15, 0.2) is 18.2 Å². The fourth-order valence-electron chi connectivity index (χ4n) is 1.88. The zero-order chi connectivity index (χ0) is 12.8. The van der Waals surface area contributed by atoms with Crippen LogP contribution in [0.25, 0.3) is 0 Å². The van der Waals surface area contributed by atoms with Crippen molar-refractivity contribution in [2.24, 2.45) is 0 Å². The SMILES string of the molecule is COc1ccc(C(C)C)cc1CCCC(C)=O. The third kappa shape index (κ3) is 4.22. The first-order valence-corrected chi connectivity index (χ1v) is 6.21. The van der Waals surface area contributed by atoms with Crippen molar-refractivity contribution in [3.63, 3.8) is 0 Å². The number of carbonyl (C=O) groups excluding carboxylic acids is 1. The lowest BCUT2D eigenvalue weighted by Crippen LogP contribution is -1.98. The van der Waals surface area contributed by atoms with E-state index in [1.165, 1.54) is 11.1 Å². The summed E-state index contributed by atoms with van der Waals surface area (Å²) in [5.74, 6) is 1.70. The minimum atomic E-state index is 0.254. The molecule has 1 aromatic rings. The van der Waals surface area contributed by atoms with Crippen LogP contribution in [0.2, 0.25) is 0 Å². The van der Waals surface area contributed by atoms with E-state index in [1.807, 2.05) is 6.07 Å².